The Balaban J connectivity index is 1.50. The van der Waals surface area contributed by atoms with Gasteiger partial charge in [-0.15, -0.1) is 0 Å². The zero-order chi connectivity index (χ0) is 19.2. The fraction of sp³-hybridized carbons (Fsp3) is 0.318. The van der Waals surface area contributed by atoms with E-state index in [1.54, 1.807) is 31.2 Å². The number of nitrogens with zero attached hydrogens (tertiary/aromatic N) is 1. The van der Waals surface area contributed by atoms with E-state index in [1.165, 1.54) is 4.90 Å². The van der Waals surface area contributed by atoms with Gasteiger partial charge in [-0.25, -0.2) is 0 Å². The molecule has 0 N–H and O–H groups in total. The van der Waals surface area contributed by atoms with Crippen LogP contribution >= 0.6 is 0 Å². The van der Waals surface area contributed by atoms with Crippen LogP contribution in [0.15, 0.2) is 48.5 Å². The Labute approximate surface area is 158 Å². The van der Waals surface area contributed by atoms with E-state index in [9.17, 15) is 14.4 Å². The second-order valence-electron chi connectivity index (χ2n) is 6.71. The van der Waals surface area contributed by atoms with Crippen LogP contribution in [0.1, 0.15) is 52.5 Å². The van der Waals surface area contributed by atoms with E-state index >= 15 is 0 Å². The molecule has 5 heteroatoms. The van der Waals surface area contributed by atoms with Crippen molar-refractivity contribution in [3.63, 3.8) is 0 Å². The van der Waals surface area contributed by atoms with Crippen molar-refractivity contribution in [2.45, 2.75) is 32.6 Å². The van der Waals surface area contributed by atoms with Gasteiger partial charge >= 0.3 is 0 Å². The van der Waals surface area contributed by atoms with E-state index in [0.717, 1.165) is 17.7 Å². The van der Waals surface area contributed by atoms with Gasteiger partial charge in [-0.3, -0.25) is 14.5 Å². The summed E-state index contributed by atoms with van der Waals surface area (Å²) in [4.78, 5) is 37.0. The molecule has 2 aromatic carbocycles. The number of carbonyl (C=O) groups is 3. The molecular formula is C22H23NO4. The number of ketones is 1. The van der Waals surface area contributed by atoms with Crippen LogP contribution in [-0.4, -0.2) is 35.6 Å². The summed E-state index contributed by atoms with van der Waals surface area (Å²) in [5.74, 6) is 0.522. The first-order valence-corrected chi connectivity index (χ1v) is 9.22. The first kappa shape index (κ1) is 18.8. The minimum atomic E-state index is -0.210. The molecular weight excluding hydrogens is 342 g/mol. The molecule has 1 aliphatic heterocycles. The maximum Gasteiger partial charge on any atom is 0.261 e. The van der Waals surface area contributed by atoms with Crippen molar-refractivity contribution >= 4 is 17.6 Å². The van der Waals surface area contributed by atoms with Crippen LogP contribution in [0.4, 0.5) is 0 Å². The topological polar surface area (TPSA) is 63.7 Å². The van der Waals surface area contributed by atoms with Gasteiger partial charge in [-0.2, -0.15) is 0 Å². The molecule has 0 saturated carbocycles. The van der Waals surface area contributed by atoms with E-state index in [2.05, 4.69) is 0 Å². The van der Waals surface area contributed by atoms with Crippen LogP contribution in [0.5, 0.6) is 5.75 Å². The largest absolute Gasteiger partial charge is 0.494 e. The van der Waals surface area contributed by atoms with Crippen LogP contribution < -0.4 is 4.74 Å². The van der Waals surface area contributed by atoms with E-state index in [0.29, 0.717) is 43.5 Å². The van der Waals surface area contributed by atoms with Crippen molar-refractivity contribution in [1.29, 1.82) is 0 Å². The van der Waals surface area contributed by atoms with Gasteiger partial charge in [0.1, 0.15) is 11.5 Å². The van der Waals surface area contributed by atoms with Crippen LogP contribution in [0.3, 0.4) is 0 Å². The third kappa shape index (κ3) is 4.61. The Hall–Kier alpha value is -2.95. The summed E-state index contributed by atoms with van der Waals surface area (Å²) in [7, 11) is 0. The van der Waals surface area contributed by atoms with Crippen molar-refractivity contribution in [2.24, 2.45) is 0 Å². The Morgan fingerprint density at radius 1 is 0.963 bits per heavy atom. The summed E-state index contributed by atoms with van der Waals surface area (Å²) in [6, 6.07) is 14.7. The van der Waals surface area contributed by atoms with E-state index in [4.69, 9.17) is 4.74 Å². The summed E-state index contributed by atoms with van der Waals surface area (Å²) >= 11 is 0. The summed E-state index contributed by atoms with van der Waals surface area (Å²) in [6.45, 7) is 2.49. The average Bonchev–Trinajstić information content (AvgIpc) is 2.91. The molecule has 0 spiro atoms. The Kier molecular flexibility index (Phi) is 6.01. The maximum absolute atomic E-state index is 12.4. The van der Waals surface area contributed by atoms with Crippen molar-refractivity contribution in [3.05, 3.63) is 65.2 Å². The first-order chi connectivity index (χ1) is 13.1. The molecule has 5 nitrogen and oxygen atoms in total. The van der Waals surface area contributed by atoms with Crippen molar-refractivity contribution in [1.82, 2.24) is 4.90 Å². The minimum Gasteiger partial charge on any atom is -0.494 e. The molecule has 2 aromatic rings. The predicted octanol–water partition coefficient (Wildman–Crippen LogP) is 3.66. The highest BCUT2D eigenvalue weighted by molar-refractivity contribution is 6.21. The lowest BCUT2D eigenvalue weighted by Crippen LogP contribution is -2.30. The molecule has 140 valence electrons. The highest BCUT2D eigenvalue weighted by atomic mass is 16.5. The molecule has 0 fully saturated rings. The molecule has 27 heavy (non-hydrogen) atoms. The van der Waals surface area contributed by atoms with E-state index < -0.39 is 0 Å². The number of Topliss-reactive ketones (excluding diaryl/α,β-unsaturated/α-hetero) is 1. The number of hydrogen-bond acceptors (Lipinski definition) is 4. The lowest BCUT2D eigenvalue weighted by atomic mass is 10.1. The molecule has 1 heterocycles. The van der Waals surface area contributed by atoms with Gasteiger partial charge in [0, 0.05) is 13.0 Å². The highest BCUT2D eigenvalue weighted by Crippen LogP contribution is 2.23. The number of imide groups is 1. The van der Waals surface area contributed by atoms with Crippen molar-refractivity contribution in [3.8, 4) is 5.75 Å². The number of amides is 2. The zero-order valence-corrected chi connectivity index (χ0v) is 15.4. The number of hydrogen-bond donors (Lipinski definition) is 0. The van der Waals surface area contributed by atoms with E-state index in [-0.39, 0.29) is 17.6 Å². The van der Waals surface area contributed by atoms with Crippen LogP contribution in [0.2, 0.25) is 0 Å². The number of carbonyl (C=O) groups excluding carboxylic acids is 3. The fourth-order valence-electron chi connectivity index (χ4n) is 3.19. The quantitative estimate of drug-likeness (QED) is 0.502. The molecule has 0 saturated heterocycles. The zero-order valence-electron chi connectivity index (χ0n) is 15.4. The smallest absolute Gasteiger partial charge is 0.261 e. The van der Waals surface area contributed by atoms with Gasteiger partial charge < -0.3 is 9.53 Å². The maximum atomic E-state index is 12.4. The summed E-state index contributed by atoms with van der Waals surface area (Å²) in [5, 5.41) is 0. The van der Waals surface area contributed by atoms with Gasteiger partial charge in [0.2, 0.25) is 0 Å². The Morgan fingerprint density at radius 3 is 2.33 bits per heavy atom. The van der Waals surface area contributed by atoms with Crippen LogP contribution in [-0.2, 0) is 11.2 Å². The van der Waals surface area contributed by atoms with Crippen molar-refractivity contribution in [2.75, 3.05) is 13.2 Å². The minimum absolute atomic E-state index is 0.167. The number of fused-ring (bicyclic) bond motifs is 1. The average molecular weight is 365 g/mol. The van der Waals surface area contributed by atoms with Gasteiger partial charge in [0.25, 0.3) is 11.8 Å². The number of aryl methyl sites for hydroxylation is 1. The first-order valence-electron chi connectivity index (χ1n) is 9.22. The number of ether oxygens (including phenoxy) is 1. The summed E-state index contributed by atoms with van der Waals surface area (Å²) in [6.07, 6.45) is 2.68. The predicted molar refractivity (Wildman–Crippen MR) is 102 cm³/mol. The SMILES string of the molecule is CC(=O)CCCOc1cccc(CCCN2C(=O)c3ccccc3C2=O)c1. The molecule has 0 aromatic heterocycles. The molecule has 1 aliphatic rings. The molecule has 0 unspecified atom stereocenters. The lowest BCUT2D eigenvalue weighted by molar-refractivity contribution is -0.117. The Morgan fingerprint density at radius 2 is 1.67 bits per heavy atom. The summed E-state index contributed by atoms with van der Waals surface area (Å²) in [5.41, 5.74) is 2.07. The highest BCUT2D eigenvalue weighted by Gasteiger charge is 2.34. The molecule has 0 aliphatic carbocycles. The van der Waals surface area contributed by atoms with Gasteiger partial charge in [-0.05, 0) is 56.0 Å². The monoisotopic (exact) mass is 365 g/mol. The van der Waals surface area contributed by atoms with Crippen LogP contribution in [0.25, 0.3) is 0 Å². The molecule has 2 amide bonds. The number of benzene rings is 2. The van der Waals surface area contributed by atoms with Crippen molar-refractivity contribution < 1.29 is 19.1 Å². The third-order valence-electron chi connectivity index (χ3n) is 4.57. The number of rotatable bonds is 9. The van der Waals surface area contributed by atoms with E-state index in [1.807, 2.05) is 24.3 Å². The van der Waals surface area contributed by atoms with Gasteiger partial charge in [0.05, 0.1) is 17.7 Å². The second-order valence-corrected chi connectivity index (χ2v) is 6.71. The third-order valence-corrected chi connectivity index (χ3v) is 4.57. The normalized spacial score (nSPS) is 13.0. The Bertz CT molecular complexity index is 824. The van der Waals surface area contributed by atoms with Crippen LogP contribution in [0, 0.1) is 0 Å². The van der Waals surface area contributed by atoms with Gasteiger partial charge in [-0.1, -0.05) is 24.3 Å². The van der Waals surface area contributed by atoms with Gasteiger partial charge in [0.15, 0.2) is 0 Å². The fourth-order valence-corrected chi connectivity index (χ4v) is 3.19. The molecule has 0 bridgehead atoms. The molecule has 0 radical (unpaired) electrons. The second kappa shape index (κ2) is 8.62. The lowest BCUT2D eigenvalue weighted by Gasteiger charge is -2.14. The summed E-state index contributed by atoms with van der Waals surface area (Å²) < 4.78 is 5.68. The molecule has 3 rings (SSSR count). The molecule has 0 atom stereocenters. The standard InChI is InChI=1S/C22H23NO4/c1-16(24)7-6-14-27-18-10-4-8-17(15-18)9-5-13-23-21(25)19-11-2-3-12-20(19)22(23)26/h2-4,8,10-12,15H,5-7,9,13-14H2,1H3.